The summed E-state index contributed by atoms with van der Waals surface area (Å²) in [7, 11) is -0.413. The van der Waals surface area contributed by atoms with Gasteiger partial charge in [-0.1, -0.05) is 0 Å². The average Bonchev–Trinajstić information content (AvgIpc) is 2.25. The number of methoxy groups -OCH3 is 1. The van der Waals surface area contributed by atoms with Crippen LogP contribution in [-0.2, 0) is 19.9 Å². The molecule has 0 spiro atoms. The van der Waals surface area contributed by atoms with Crippen LogP contribution in [0.5, 0.6) is 5.75 Å². The maximum absolute atomic E-state index is 11.9. The first kappa shape index (κ1) is 12.8. The summed E-state index contributed by atoms with van der Waals surface area (Å²) in [5, 5.41) is 0.798. The summed E-state index contributed by atoms with van der Waals surface area (Å²) in [5.74, 6) is 0.984. The van der Waals surface area contributed by atoms with Gasteiger partial charge in [0.1, 0.15) is 29.6 Å². The third kappa shape index (κ3) is 2.79. The minimum Gasteiger partial charge on any atom is -0.497 e. The zero-order valence-corrected chi connectivity index (χ0v) is 11.4. The molecule has 96 valence electrons. The van der Waals surface area contributed by atoms with Crippen molar-refractivity contribution >= 4 is 20.9 Å². The van der Waals surface area contributed by atoms with Crippen molar-refractivity contribution in [2.45, 2.75) is 5.75 Å². The molecule has 0 aliphatic heterocycles. The van der Waals surface area contributed by atoms with Crippen LogP contribution < -0.4 is 10.4 Å². The van der Waals surface area contributed by atoms with Crippen LogP contribution in [0.25, 0.3) is 11.0 Å². The van der Waals surface area contributed by atoms with Crippen LogP contribution in [0.1, 0.15) is 5.56 Å². The van der Waals surface area contributed by atoms with Gasteiger partial charge in [0.2, 0.25) is 0 Å². The molecular formula is C13H15O4S+. The van der Waals surface area contributed by atoms with Gasteiger partial charge in [0, 0.05) is 23.1 Å². The van der Waals surface area contributed by atoms with Crippen molar-refractivity contribution < 1.29 is 13.4 Å². The lowest BCUT2D eigenvalue weighted by Gasteiger charge is -2.06. The lowest BCUT2D eigenvalue weighted by Crippen LogP contribution is -2.11. The zero-order chi connectivity index (χ0) is 13.3. The minimum absolute atomic E-state index is 0.363. The molecule has 0 N–H and O–H groups in total. The Bertz CT molecular complexity index is 681. The van der Waals surface area contributed by atoms with Crippen molar-refractivity contribution in [3.8, 4) is 5.75 Å². The summed E-state index contributed by atoms with van der Waals surface area (Å²) in [6.07, 6.45) is 3.36. The first-order chi connectivity index (χ1) is 8.39. The maximum Gasteiger partial charge on any atom is 0.336 e. The molecule has 1 aromatic heterocycles. The molecule has 0 atom stereocenters. The van der Waals surface area contributed by atoms with E-state index in [0.717, 1.165) is 10.9 Å². The van der Waals surface area contributed by atoms with Crippen molar-refractivity contribution in [3.05, 3.63) is 40.2 Å². The van der Waals surface area contributed by atoms with Gasteiger partial charge in [-0.3, -0.25) is 0 Å². The maximum atomic E-state index is 11.9. The summed E-state index contributed by atoms with van der Waals surface area (Å²) < 4.78 is 22.1. The van der Waals surface area contributed by atoms with E-state index in [4.69, 9.17) is 9.15 Å². The van der Waals surface area contributed by atoms with E-state index in [1.165, 1.54) is 6.07 Å². The number of benzene rings is 1. The van der Waals surface area contributed by atoms with Crippen LogP contribution >= 0.6 is 0 Å². The average molecular weight is 267 g/mol. The molecule has 0 unspecified atom stereocenters. The molecule has 0 fully saturated rings. The van der Waals surface area contributed by atoms with Gasteiger partial charge < -0.3 is 9.15 Å². The van der Waals surface area contributed by atoms with E-state index in [1.807, 2.05) is 6.07 Å². The fraction of sp³-hybridized carbons (Fsp3) is 0.308. The Morgan fingerprint density at radius 1 is 1.28 bits per heavy atom. The third-order valence-electron chi connectivity index (χ3n) is 2.54. The van der Waals surface area contributed by atoms with E-state index in [2.05, 4.69) is 0 Å². The lowest BCUT2D eigenvalue weighted by molar-refractivity contribution is 0.414. The number of hydrogen-bond donors (Lipinski definition) is 0. The minimum atomic E-state index is -1.96. The van der Waals surface area contributed by atoms with E-state index in [1.54, 1.807) is 31.8 Å². The van der Waals surface area contributed by atoms with Gasteiger partial charge in [-0.2, -0.15) is 0 Å². The normalized spacial score (nSPS) is 11.7. The van der Waals surface area contributed by atoms with Gasteiger partial charge in [0.15, 0.2) is 0 Å². The predicted octanol–water partition coefficient (Wildman–Crippen LogP) is 2.06. The molecule has 18 heavy (non-hydrogen) atoms. The summed E-state index contributed by atoms with van der Waals surface area (Å²) >= 11 is 0. The predicted molar refractivity (Wildman–Crippen MR) is 72.6 cm³/mol. The monoisotopic (exact) mass is 267 g/mol. The van der Waals surface area contributed by atoms with Crippen molar-refractivity contribution in [3.63, 3.8) is 0 Å². The van der Waals surface area contributed by atoms with Gasteiger partial charge in [-0.15, -0.1) is 4.21 Å². The quantitative estimate of drug-likeness (QED) is 0.631. The van der Waals surface area contributed by atoms with E-state index >= 15 is 0 Å². The van der Waals surface area contributed by atoms with Crippen LogP contribution in [0.3, 0.4) is 0 Å². The number of fused-ring (bicyclic) bond motifs is 1. The smallest absolute Gasteiger partial charge is 0.336 e. The highest BCUT2D eigenvalue weighted by Crippen LogP contribution is 2.24. The Balaban J connectivity index is 2.66. The van der Waals surface area contributed by atoms with Crippen molar-refractivity contribution in [2.75, 3.05) is 19.6 Å². The first-order valence-corrected chi connectivity index (χ1v) is 7.96. The molecule has 2 rings (SSSR count). The van der Waals surface area contributed by atoms with Crippen LogP contribution in [0.2, 0.25) is 0 Å². The molecule has 0 bridgehead atoms. The highest BCUT2D eigenvalue weighted by Gasteiger charge is 2.17. The zero-order valence-electron chi connectivity index (χ0n) is 10.6. The number of rotatable bonds is 3. The summed E-state index contributed by atoms with van der Waals surface area (Å²) in [6.45, 7) is 0. The van der Waals surface area contributed by atoms with Gasteiger partial charge in [-0.05, 0) is 12.1 Å². The van der Waals surface area contributed by atoms with Gasteiger partial charge in [0.05, 0.1) is 17.0 Å². The number of ether oxygens (including phenoxy) is 1. The largest absolute Gasteiger partial charge is 0.497 e. The molecule has 1 aromatic carbocycles. The lowest BCUT2D eigenvalue weighted by atomic mass is 10.1. The van der Waals surface area contributed by atoms with Gasteiger partial charge >= 0.3 is 5.63 Å². The van der Waals surface area contributed by atoms with E-state index in [-0.39, 0.29) is 0 Å². The van der Waals surface area contributed by atoms with Crippen molar-refractivity contribution in [1.29, 1.82) is 0 Å². The Kier molecular flexibility index (Phi) is 3.26. The topological polar surface area (TPSA) is 56.5 Å². The van der Waals surface area contributed by atoms with Gasteiger partial charge in [0.25, 0.3) is 0 Å². The molecule has 0 aliphatic carbocycles. The molecule has 1 heterocycles. The van der Waals surface area contributed by atoms with E-state index in [0.29, 0.717) is 17.1 Å². The van der Waals surface area contributed by atoms with Crippen LogP contribution in [0, 0.1) is 0 Å². The SMILES string of the molecule is COc1ccc2c(C[S+](C)(C)=O)cc(=O)oc2c1. The first-order valence-electron chi connectivity index (χ1n) is 5.42. The molecule has 0 amide bonds. The second kappa shape index (κ2) is 4.57. The second-order valence-electron chi connectivity index (χ2n) is 4.53. The third-order valence-corrected chi connectivity index (χ3v) is 3.55. The fourth-order valence-corrected chi connectivity index (χ4v) is 2.82. The van der Waals surface area contributed by atoms with Crippen LogP contribution in [-0.4, -0.2) is 19.6 Å². The summed E-state index contributed by atoms with van der Waals surface area (Å²) in [4.78, 5) is 11.5. The Morgan fingerprint density at radius 2 is 2.00 bits per heavy atom. The highest BCUT2D eigenvalue weighted by atomic mass is 32.2. The molecular weight excluding hydrogens is 252 g/mol. The van der Waals surface area contributed by atoms with Crippen molar-refractivity contribution in [1.82, 2.24) is 0 Å². The second-order valence-corrected chi connectivity index (χ2v) is 7.70. The fourth-order valence-electron chi connectivity index (χ4n) is 1.83. The standard InChI is InChI=1S/C13H15O4S/c1-16-10-4-5-11-9(8-18(2,3)15)6-13(14)17-12(11)7-10/h4-7H,8H2,1-3H3/q+1. The molecule has 4 nitrogen and oxygen atoms in total. The molecule has 0 saturated heterocycles. The van der Waals surface area contributed by atoms with E-state index in [9.17, 15) is 9.00 Å². The number of hydrogen-bond acceptors (Lipinski definition) is 4. The molecule has 5 heteroatoms. The van der Waals surface area contributed by atoms with Crippen molar-refractivity contribution in [2.24, 2.45) is 0 Å². The van der Waals surface area contributed by atoms with Crippen LogP contribution in [0.4, 0.5) is 0 Å². The van der Waals surface area contributed by atoms with Gasteiger partial charge in [-0.25, -0.2) is 4.79 Å². The van der Waals surface area contributed by atoms with E-state index < -0.39 is 15.6 Å². The summed E-state index contributed by atoms with van der Waals surface area (Å²) in [6, 6.07) is 6.67. The Hall–Kier alpha value is -1.62. The molecule has 0 saturated carbocycles. The Morgan fingerprint density at radius 3 is 2.61 bits per heavy atom. The highest BCUT2D eigenvalue weighted by molar-refractivity contribution is 8.00. The molecule has 0 radical (unpaired) electrons. The Labute approximate surface area is 106 Å². The van der Waals surface area contributed by atoms with Crippen LogP contribution in [0.15, 0.2) is 33.5 Å². The summed E-state index contributed by atoms with van der Waals surface area (Å²) in [5.41, 5.74) is 0.772. The molecule has 0 aliphatic rings. The molecule has 2 aromatic rings.